The quantitative estimate of drug-likeness (QED) is 0.140. The maximum Gasteiger partial charge on any atom is 0.460 e. The van der Waals surface area contributed by atoms with Gasteiger partial charge in [0, 0.05) is 0 Å². The number of alkyl halides is 25. The second-order valence-electron chi connectivity index (χ2n) is 7.36. The Morgan fingerprint density at radius 2 is 0.537 bits per heavy atom. The van der Waals surface area contributed by atoms with E-state index < -0.39 is 78.1 Å². The van der Waals surface area contributed by atoms with Crippen LogP contribution in [0.5, 0.6) is 0 Å². The lowest BCUT2D eigenvalue weighted by molar-refractivity contribution is -0.489. The lowest BCUT2D eigenvalue weighted by atomic mass is 9.85. The number of ether oxygens (including phenoxy) is 1. The highest BCUT2D eigenvalue weighted by molar-refractivity contribution is 5.19. The van der Waals surface area contributed by atoms with Gasteiger partial charge in [0.15, 0.2) is 0 Å². The van der Waals surface area contributed by atoms with Crippen molar-refractivity contribution in [3.8, 4) is 0 Å². The Morgan fingerprint density at radius 1 is 0.341 bits per heavy atom. The summed E-state index contributed by atoms with van der Waals surface area (Å²) in [6.45, 7) is 0.317. The van der Waals surface area contributed by atoms with Gasteiger partial charge in [-0.25, -0.2) is 0 Å². The maximum atomic E-state index is 13.6. The molecule has 0 bridgehead atoms. The molecular weight excluding hydrogens is 671 g/mol. The Balaban J connectivity index is 7.28. The molecule has 0 atom stereocenters. The van der Waals surface area contributed by atoms with Crippen LogP contribution < -0.4 is 0 Å². The monoisotopic (exact) mass is 676 g/mol. The largest absolute Gasteiger partial charge is 0.460 e. The highest BCUT2D eigenvalue weighted by atomic mass is 19.4. The topological polar surface area (TPSA) is 9.23 Å². The lowest BCUT2D eigenvalue weighted by Gasteiger charge is -2.45. The highest BCUT2D eigenvalue weighted by Crippen LogP contribution is 2.67. The van der Waals surface area contributed by atoms with Gasteiger partial charge in [-0.05, 0) is 0 Å². The van der Waals surface area contributed by atoms with Crippen LogP contribution in [-0.2, 0) is 4.74 Å². The Bertz CT molecular complexity index is 955. The van der Waals surface area contributed by atoms with Crippen molar-refractivity contribution in [2.75, 3.05) is 6.61 Å². The smallest absolute Gasteiger partial charge is 0.311 e. The molecule has 41 heavy (non-hydrogen) atoms. The molecule has 246 valence electrons. The molecule has 0 heterocycles. The summed E-state index contributed by atoms with van der Waals surface area (Å²) in [6.07, 6.45) is -15.5. The van der Waals surface area contributed by atoms with Crippen LogP contribution in [0.2, 0.25) is 0 Å². The molecule has 0 aliphatic rings. The predicted octanol–water partition coefficient (Wildman–Crippen LogP) is 8.70. The van der Waals surface area contributed by atoms with E-state index in [0.29, 0.717) is 0 Å². The van der Waals surface area contributed by atoms with Crippen LogP contribution in [0.25, 0.3) is 0 Å². The first-order valence-electron chi connectivity index (χ1n) is 8.78. The van der Waals surface area contributed by atoms with Crippen molar-refractivity contribution in [1.82, 2.24) is 0 Å². The fraction of sp³-hybridized carbons (Fsp3) is 0.867. The van der Waals surface area contributed by atoms with Gasteiger partial charge in [0.25, 0.3) is 0 Å². The number of rotatable bonds is 13. The van der Waals surface area contributed by atoms with Crippen LogP contribution in [0.1, 0.15) is 0 Å². The van der Waals surface area contributed by atoms with Gasteiger partial charge in [0.2, 0.25) is 0 Å². The van der Waals surface area contributed by atoms with Crippen LogP contribution in [0.15, 0.2) is 12.7 Å². The molecule has 0 saturated heterocycles. The molecule has 0 aromatic carbocycles. The third-order valence-electron chi connectivity index (χ3n) is 4.65. The van der Waals surface area contributed by atoms with Crippen molar-refractivity contribution in [2.24, 2.45) is 0 Å². The minimum atomic E-state index is -9.60. The van der Waals surface area contributed by atoms with Gasteiger partial charge < -0.3 is 4.74 Å². The molecule has 0 spiro atoms. The summed E-state index contributed by atoms with van der Waals surface area (Å²) >= 11 is 0. The van der Waals surface area contributed by atoms with Gasteiger partial charge in [0.05, 0.1) is 6.61 Å². The second-order valence-corrected chi connectivity index (χ2v) is 7.36. The summed E-state index contributed by atoms with van der Waals surface area (Å²) in [5.41, 5.74) is 0. The standard InChI is InChI=1S/C15H5F25O/c1-2-3-41-15(39,40)13(34,35)11(30,31)9(26,27)7(22,23)5(18,19)4(16,17)6(20,21)8(24,25)10(28,29)12(32,33)14(36,37)38/h2H,1,3H2. The van der Waals surface area contributed by atoms with E-state index in [1.165, 1.54) is 0 Å². The maximum absolute atomic E-state index is 13.6. The average molecular weight is 676 g/mol. The number of hydrogen-bond donors (Lipinski definition) is 0. The average Bonchev–Trinajstić information content (AvgIpc) is 2.75. The first-order valence-corrected chi connectivity index (χ1v) is 8.78. The van der Waals surface area contributed by atoms with Crippen molar-refractivity contribution in [2.45, 2.75) is 71.5 Å². The molecule has 0 unspecified atom stereocenters. The van der Waals surface area contributed by atoms with E-state index >= 15 is 0 Å². The van der Waals surface area contributed by atoms with Crippen molar-refractivity contribution in [3.05, 3.63) is 12.7 Å². The van der Waals surface area contributed by atoms with Crippen LogP contribution in [0.4, 0.5) is 110 Å². The third-order valence-corrected chi connectivity index (χ3v) is 4.65. The summed E-state index contributed by atoms with van der Waals surface area (Å²) in [5, 5.41) is 0. The Labute approximate surface area is 206 Å². The fourth-order valence-electron chi connectivity index (χ4n) is 2.19. The van der Waals surface area contributed by atoms with Gasteiger partial charge in [-0.3, -0.25) is 0 Å². The first-order chi connectivity index (χ1) is 17.3. The van der Waals surface area contributed by atoms with E-state index in [4.69, 9.17) is 0 Å². The van der Waals surface area contributed by atoms with Crippen molar-refractivity contribution in [3.63, 3.8) is 0 Å². The molecule has 0 aliphatic carbocycles. The second kappa shape index (κ2) is 9.74. The number of hydrogen-bond acceptors (Lipinski definition) is 1. The van der Waals surface area contributed by atoms with E-state index in [2.05, 4.69) is 11.3 Å². The fourth-order valence-corrected chi connectivity index (χ4v) is 2.19. The zero-order chi connectivity index (χ0) is 34.1. The summed E-state index contributed by atoms with van der Waals surface area (Å²) in [6, 6.07) is 0. The molecule has 0 aromatic heterocycles. The Morgan fingerprint density at radius 3 is 0.732 bits per heavy atom. The summed E-state index contributed by atoms with van der Waals surface area (Å²) in [7, 11) is 0. The van der Waals surface area contributed by atoms with Crippen molar-refractivity contribution in [1.29, 1.82) is 0 Å². The summed E-state index contributed by atoms with van der Waals surface area (Å²) in [4.78, 5) is 0. The highest BCUT2D eigenvalue weighted by Gasteiger charge is 2.99. The molecule has 26 heteroatoms. The van der Waals surface area contributed by atoms with E-state index in [9.17, 15) is 110 Å². The van der Waals surface area contributed by atoms with Gasteiger partial charge in [-0.15, -0.1) is 6.58 Å². The van der Waals surface area contributed by atoms with E-state index in [1.807, 2.05) is 0 Å². The van der Waals surface area contributed by atoms with Crippen LogP contribution in [-0.4, -0.2) is 78.1 Å². The molecular formula is C15H5F25O. The number of halogens is 25. The minimum Gasteiger partial charge on any atom is -0.311 e. The molecule has 0 aromatic rings. The normalized spacial score (nSPS) is 16.7. The van der Waals surface area contributed by atoms with Crippen molar-refractivity contribution >= 4 is 0 Å². The van der Waals surface area contributed by atoms with Crippen LogP contribution in [0, 0.1) is 0 Å². The molecule has 0 amide bonds. The lowest BCUT2D eigenvalue weighted by Crippen LogP contribution is -2.78. The molecule has 1 nitrogen and oxygen atoms in total. The Hall–Kier alpha value is -2.05. The molecule has 0 aliphatic heterocycles. The van der Waals surface area contributed by atoms with E-state index in [1.54, 1.807) is 0 Å². The molecule has 0 saturated carbocycles. The van der Waals surface area contributed by atoms with E-state index in [0.717, 1.165) is 0 Å². The first kappa shape index (κ1) is 38.9. The van der Waals surface area contributed by atoms with Crippen LogP contribution >= 0.6 is 0 Å². The summed E-state index contributed by atoms with van der Waals surface area (Å²) in [5.74, 6) is -91.7. The molecule has 0 radical (unpaired) electrons. The SMILES string of the molecule is C=CCOC(F)(F)C(F)(F)C(F)(F)C(F)(F)C(F)(F)C(F)(F)C(F)(F)C(F)(F)C(F)(F)C(F)(F)C(F)(F)C(F)(F)F. The zero-order valence-corrected chi connectivity index (χ0v) is 17.8. The van der Waals surface area contributed by atoms with Crippen LogP contribution in [0.3, 0.4) is 0 Å². The van der Waals surface area contributed by atoms with Gasteiger partial charge in [0.1, 0.15) is 0 Å². The zero-order valence-electron chi connectivity index (χ0n) is 17.8. The minimum absolute atomic E-state index is 0.0794. The molecule has 0 N–H and O–H groups in total. The van der Waals surface area contributed by atoms with Crippen molar-refractivity contribution < 1.29 is 114 Å². The summed E-state index contributed by atoms with van der Waals surface area (Å²) < 4.78 is 332. The van der Waals surface area contributed by atoms with Gasteiger partial charge in [-0.2, -0.15) is 110 Å². The third kappa shape index (κ3) is 4.72. The van der Waals surface area contributed by atoms with Gasteiger partial charge in [-0.1, -0.05) is 6.08 Å². The van der Waals surface area contributed by atoms with Gasteiger partial charge >= 0.3 is 71.5 Å². The predicted molar refractivity (Wildman–Crippen MR) is 76.6 cm³/mol. The molecule has 0 rings (SSSR count). The Kier molecular flexibility index (Phi) is 9.25. The van der Waals surface area contributed by atoms with E-state index in [-0.39, 0.29) is 6.08 Å². The molecule has 0 fully saturated rings.